The van der Waals surface area contributed by atoms with Gasteiger partial charge in [0.25, 0.3) is 11.8 Å². The Morgan fingerprint density at radius 2 is 1.19 bits per heavy atom. The van der Waals surface area contributed by atoms with E-state index < -0.39 is 23.6 Å². The number of methoxy groups -OCH3 is 1. The van der Waals surface area contributed by atoms with Crippen LogP contribution < -0.4 is 37.3 Å². The first-order chi connectivity index (χ1) is 30.8. The second-order valence-corrected chi connectivity index (χ2v) is 14.4. The van der Waals surface area contributed by atoms with E-state index >= 15 is 0 Å². The standard InChI is InChI=1S/C42H48N16O6/c1-6-56-31(16-24(3)51-56)39(61)49-41-47-29-18-26(37(44)59)20-33(63-5)35(29)54(41)12-8-9-13-55-36-30(48-42(55)50-40(62)32-17-25(4)52-57(32)7-2)19-27(38(45)60)21-34(36)64-15-11-10-14-58-46-23-28(22-43)53-58/h8-11,16-21,23H,6-7,12-15,22,43H2,1-5H3,(H2,44,59)(H2,45,60)(H,47,49,61)(H,48,50,62)/b9-8+,11-10+. The van der Waals surface area contributed by atoms with Gasteiger partial charge in [0.2, 0.25) is 23.7 Å². The van der Waals surface area contributed by atoms with Gasteiger partial charge in [-0.3, -0.25) is 39.2 Å². The Morgan fingerprint density at radius 3 is 1.66 bits per heavy atom. The van der Waals surface area contributed by atoms with Gasteiger partial charge in [-0.15, -0.1) is 0 Å². The number of imidazole rings is 2. The van der Waals surface area contributed by atoms with Crippen LogP contribution in [0.4, 0.5) is 11.9 Å². The third-order valence-electron chi connectivity index (χ3n) is 10.0. The number of hydrogen-bond acceptors (Lipinski definition) is 13. The van der Waals surface area contributed by atoms with Gasteiger partial charge in [0.05, 0.1) is 48.0 Å². The molecule has 0 aliphatic heterocycles. The number of nitrogens with zero attached hydrogens (tertiary/aromatic N) is 11. The summed E-state index contributed by atoms with van der Waals surface area (Å²) in [4.78, 5) is 63.2. The minimum atomic E-state index is -0.701. The van der Waals surface area contributed by atoms with E-state index in [-0.39, 0.29) is 55.0 Å². The second kappa shape index (κ2) is 18.9. The number of carbonyl (C=O) groups is 4. The molecule has 5 aromatic heterocycles. The van der Waals surface area contributed by atoms with Crippen LogP contribution in [0.1, 0.15) is 72.6 Å². The number of aryl methyl sites for hydroxylation is 4. The number of carbonyl (C=O) groups excluding carboxylic acids is 4. The SMILES string of the molecule is CCn1nc(C)cc1C(=O)Nc1nc2cc(C(N)=O)cc(OC)c2n1C/C=C/Cn1c(NC(=O)c2cc(C)nn2CC)nc2cc(C(N)=O)cc(OC/C=C/Cn3ncc(CN)n3)c21. The van der Waals surface area contributed by atoms with Crippen molar-refractivity contribution in [2.45, 2.75) is 67.0 Å². The highest BCUT2D eigenvalue weighted by atomic mass is 16.5. The number of nitrogens with one attached hydrogen (secondary N) is 2. The molecule has 64 heavy (non-hydrogen) atoms. The van der Waals surface area contributed by atoms with Gasteiger partial charge >= 0.3 is 0 Å². The minimum Gasteiger partial charge on any atom is -0.494 e. The number of fused-ring (bicyclic) bond motifs is 2. The number of allylic oxidation sites excluding steroid dienone is 3. The van der Waals surface area contributed by atoms with Crippen LogP contribution in [-0.4, -0.2) is 91.0 Å². The third-order valence-corrected chi connectivity index (χ3v) is 10.0. The normalized spacial score (nSPS) is 11.7. The summed E-state index contributed by atoms with van der Waals surface area (Å²) in [6.45, 7) is 9.26. The quantitative estimate of drug-likeness (QED) is 0.0731. The Kier molecular flexibility index (Phi) is 12.9. The molecular formula is C42H48N16O6. The summed E-state index contributed by atoms with van der Waals surface area (Å²) in [7, 11) is 1.45. The molecule has 22 heteroatoms. The monoisotopic (exact) mass is 872 g/mol. The Morgan fingerprint density at radius 1 is 0.688 bits per heavy atom. The molecule has 4 amide bonds. The van der Waals surface area contributed by atoms with Gasteiger partial charge in [0.15, 0.2) is 0 Å². The summed E-state index contributed by atoms with van der Waals surface area (Å²) in [6, 6.07) is 9.44. The zero-order valence-electron chi connectivity index (χ0n) is 35.9. The van der Waals surface area contributed by atoms with Gasteiger partial charge < -0.3 is 35.8 Å². The number of benzene rings is 2. The van der Waals surface area contributed by atoms with Crippen molar-refractivity contribution in [3.8, 4) is 11.5 Å². The van der Waals surface area contributed by atoms with E-state index in [4.69, 9.17) is 31.7 Å². The Hall–Kier alpha value is -8.14. The summed E-state index contributed by atoms with van der Waals surface area (Å²) in [5.74, 6) is -1.39. The molecule has 0 radical (unpaired) electrons. The molecule has 2 aromatic carbocycles. The maximum Gasteiger partial charge on any atom is 0.276 e. The molecule has 7 rings (SSSR count). The number of primary amides is 2. The van der Waals surface area contributed by atoms with Crippen molar-refractivity contribution in [1.82, 2.24) is 53.7 Å². The highest BCUT2D eigenvalue weighted by Gasteiger charge is 2.23. The van der Waals surface area contributed by atoms with Crippen LogP contribution in [0, 0.1) is 13.8 Å². The number of anilines is 2. The lowest BCUT2D eigenvalue weighted by Crippen LogP contribution is -2.20. The van der Waals surface area contributed by atoms with Crippen molar-refractivity contribution >= 4 is 57.6 Å². The Labute approximate surface area is 365 Å². The first-order valence-corrected chi connectivity index (χ1v) is 20.3. The number of rotatable bonds is 19. The summed E-state index contributed by atoms with van der Waals surface area (Å²) in [6.07, 6.45) is 8.84. The van der Waals surface area contributed by atoms with Gasteiger partial charge in [-0.05, 0) is 70.2 Å². The van der Waals surface area contributed by atoms with E-state index in [0.29, 0.717) is 75.9 Å². The fraction of sp³-hybridized carbons (Fsp3) is 0.286. The lowest BCUT2D eigenvalue weighted by molar-refractivity contribution is 0.0991. The summed E-state index contributed by atoms with van der Waals surface area (Å²) >= 11 is 0. The van der Waals surface area contributed by atoms with Gasteiger partial charge in [-0.1, -0.05) is 18.2 Å². The maximum atomic E-state index is 13.8. The molecule has 0 saturated heterocycles. The minimum absolute atomic E-state index is 0.0834. The highest BCUT2D eigenvalue weighted by Crippen LogP contribution is 2.33. The van der Waals surface area contributed by atoms with E-state index in [2.05, 4.69) is 36.0 Å². The molecule has 0 aliphatic rings. The van der Waals surface area contributed by atoms with Crippen molar-refractivity contribution < 1.29 is 28.7 Å². The molecule has 8 N–H and O–H groups in total. The van der Waals surface area contributed by atoms with E-state index in [1.54, 1.807) is 56.8 Å². The Balaban J connectivity index is 1.26. The predicted molar refractivity (Wildman–Crippen MR) is 236 cm³/mol. The zero-order valence-corrected chi connectivity index (χ0v) is 35.9. The zero-order chi connectivity index (χ0) is 45.7. The molecule has 7 aromatic rings. The van der Waals surface area contributed by atoms with E-state index in [0.717, 1.165) is 0 Å². The van der Waals surface area contributed by atoms with Crippen molar-refractivity contribution in [2.24, 2.45) is 17.2 Å². The van der Waals surface area contributed by atoms with Crippen LogP contribution in [0.25, 0.3) is 22.1 Å². The molecular weight excluding hydrogens is 825 g/mol. The fourth-order valence-electron chi connectivity index (χ4n) is 7.08. The number of nitrogens with two attached hydrogens (primary N) is 3. The van der Waals surface area contributed by atoms with Gasteiger partial charge in [0.1, 0.15) is 40.5 Å². The van der Waals surface area contributed by atoms with Crippen molar-refractivity contribution in [3.63, 3.8) is 0 Å². The summed E-state index contributed by atoms with van der Waals surface area (Å²) < 4.78 is 18.6. The van der Waals surface area contributed by atoms with Gasteiger partial charge in [-0.25, -0.2) is 9.97 Å². The third kappa shape index (κ3) is 9.21. The van der Waals surface area contributed by atoms with Crippen molar-refractivity contribution in [2.75, 3.05) is 24.4 Å². The lowest BCUT2D eigenvalue weighted by Gasteiger charge is -2.13. The topological polar surface area (TPSA) is 291 Å². The molecule has 22 nitrogen and oxygen atoms in total. The fourth-order valence-corrected chi connectivity index (χ4v) is 7.08. The number of amides is 4. The highest BCUT2D eigenvalue weighted by molar-refractivity contribution is 6.05. The molecule has 0 bridgehead atoms. The molecule has 5 heterocycles. The molecule has 0 atom stereocenters. The van der Waals surface area contributed by atoms with Crippen LogP contribution in [0.5, 0.6) is 11.5 Å². The van der Waals surface area contributed by atoms with Crippen LogP contribution in [0.15, 0.2) is 66.9 Å². The molecule has 0 fully saturated rings. The van der Waals surface area contributed by atoms with Crippen LogP contribution in [-0.2, 0) is 39.3 Å². The number of ether oxygens (including phenoxy) is 2. The van der Waals surface area contributed by atoms with Crippen molar-refractivity contribution in [3.05, 3.63) is 106 Å². The second-order valence-electron chi connectivity index (χ2n) is 14.4. The van der Waals surface area contributed by atoms with Crippen LogP contribution in [0.3, 0.4) is 0 Å². The predicted octanol–water partition coefficient (Wildman–Crippen LogP) is 3.09. The van der Waals surface area contributed by atoms with E-state index in [1.807, 2.05) is 32.1 Å². The largest absolute Gasteiger partial charge is 0.494 e. The van der Waals surface area contributed by atoms with E-state index in [1.165, 1.54) is 36.2 Å². The van der Waals surface area contributed by atoms with Crippen molar-refractivity contribution in [1.29, 1.82) is 0 Å². The van der Waals surface area contributed by atoms with Crippen LogP contribution >= 0.6 is 0 Å². The average Bonchev–Trinajstić information content (AvgIpc) is 4.11. The Bertz CT molecular complexity index is 2960. The summed E-state index contributed by atoms with van der Waals surface area (Å²) in [5.41, 5.74) is 21.7. The molecule has 0 aliphatic carbocycles. The smallest absolute Gasteiger partial charge is 0.276 e. The molecule has 332 valence electrons. The lowest BCUT2D eigenvalue weighted by atomic mass is 10.1. The van der Waals surface area contributed by atoms with Crippen LogP contribution in [0.2, 0.25) is 0 Å². The molecule has 0 unspecified atom stereocenters. The summed E-state index contributed by atoms with van der Waals surface area (Å²) in [5, 5.41) is 23.1. The molecule has 0 saturated carbocycles. The van der Waals surface area contributed by atoms with Gasteiger partial charge in [0, 0.05) is 43.9 Å². The average molecular weight is 873 g/mol. The molecule has 0 spiro atoms. The number of aromatic nitrogens is 11. The first-order valence-electron chi connectivity index (χ1n) is 20.3. The maximum absolute atomic E-state index is 13.8. The first kappa shape index (κ1) is 43.9. The number of hydrogen-bond donors (Lipinski definition) is 5. The van der Waals surface area contributed by atoms with Gasteiger partial charge in [-0.2, -0.15) is 25.2 Å². The van der Waals surface area contributed by atoms with E-state index in [9.17, 15) is 19.2 Å².